The number of anilines is 1. The lowest BCUT2D eigenvalue weighted by Crippen LogP contribution is -2.33. The van der Waals surface area contributed by atoms with E-state index in [2.05, 4.69) is 27.9 Å². The van der Waals surface area contributed by atoms with Crippen molar-refractivity contribution in [3.8, 4) is 0 Å². The van der Waals surface area contributed by atoms with Crippen LogP contribution in [0, 0.1) is 17.6 Å². The third-order valence-electron chi connectivity index (χ3n) is 2.97. The van der Waals surface area contributed by atoms with Gasteiger partial charge in [0.15, 0.2) is 4.77 Å². The van der Waals surface area contributed by atoms with E-state index in [-0.39, 0.29) is 0 Å². The van der Waals surface area contributed by atoms with E-state index in [1.165, 1.54) is 12.8 Å². The molecule has 4 heteroatoms. The van der Waals surface area contributed by atoms with Crippen LogP contribution in [0.2, 0.25) is 0 Å². The first-order valence-corrected chi connectivity index (χ1v) is 5.89. The number of hydrogen-bond acceptors (Lipinski definition) is 3. The van der Waals surface area contributed by atoms with Gasteiger partial charge in [-0.05, 0) is 44.0 Å². The summed E-state index contributed by atoms with van der Waals surface area (Å²) in [6.07, 6.45) is 2.51. The molecule has 1 aliphatic heterocycles. The van der Waals surface area contributed by atoms with Crippen molar-refractivity contribution in [1.29, 1.82) is 0 Å². The number of aryl methyl sites for hydroxylation is 1. The highest BCUT2D eigenvalue weighted by Crippen LogP contribution is 2.21. The van der Waals surface area contributed by atoms with E-state index in [0.717, 1.165) is 30.5 Å². The Morgan fingerprint density at radius 2 is 2.13 bits per heavy atom. The number of aromatic amines is 1. The summed E-state index contributed by atoms with van der Waals surface area (Å²) in [7, 11) is 0. The van der Waals surface area contributed by atoms with Crippen LogP contribution in [-0.2, 0) is 0 Å². The minimum Gasteiger partial charge on any atom is -0.356 e. The molecule has 0 atom stereocenters. The summed E-state index contributed by atoms with van der Waals surface area (Å²) in [6, 6.07) is 2.08. The lowest BCUT2D eigenvalue weighted by Gasteiger charge is -2.31. The lowest BCUT2D eigenvalue weighted by molar-refractivity contribution is 0.436. The number of aromatic nitrogens is 2. The van der Waals surface area contributed by atoms with Crippen LogP contribution < -0.4 is 4.90 Å². The Morgan fingerprint density at radius 3 is 2.73 bits per heavy atom. The fourth-order valence-corrected chi connectivity index (χ4v) is 2.22. The number of hydrogen-bond donors (Lipinski definition) is 1. The Balaban J connectivity index is 2.19. The molecule has 1 aliphatic rings. The van der Waals surface area contributed by atoms with E-state index in [1.54, 1.807) is 0 Å². The summed E-state index contributed by atoms with van der Waals surface area (Å²) in [4.78, 5) is 9.73. The normalized spacial score (nSPS) is 18.1. The van der Waals surface area contributed by atoms with Crippen molar-refractivity contribution in [2.45, 2.75) is 26.7 Å². The quantitative estimate of drug-likeness (QED) is 0.743. The van der Waals surface area contributed by atoms with Crippen LogP contribution in [0.25, 0.3) is 0 Å². The lowest BCUT2D eigenvalue weighted by atomic mass is 9.99. The Bertz CT molecular complexity index is 391. The number of nitrogens with one attached hydrogen (secondary N) is 1. The van der Waals surface area contributed by atoms with E-state index in [9.17, 15) is 0 Å². The van der Waals surface area contributed by atoms with Crippen molar-refractivity contribution in [1.82, 2.24) is 9.97 Å². The SMILES string of the molecule is Cc1cc(N2CCC(C)CC2)nc(=S)[nH]1. The predicted molar refractivity (Wildman–Crippen MR) is 64.8 cm³/mol. The highest BCUT2D eigenvalue weighted by atomic mass is 32.1. The minimum atomic E-state index is 0.587. The van der Waals surface area contributed by atoms with Gasteiger partial charge in [-0.2, -0.15) is 0 Å². The van der Waals surface area contributed by atoms with Crippen molar-refractivity contribution < 1.29 is 0 Å². The first-order chi connectivity index (χ1) is 7.15. The standard InChI is InChI=1S/C11H17N3S/c1-8-3-5-14(6-4-8)10-7-9(2)12-11(15)13-10/h7-8H,3-6H2,1-2H3,(H,12,13,15). The topological polar surface area (TPSA) is 31.9 Å². The summed E-state index contributed by atoms with van der Waals surface area (Å²) < 4.78 is 0.587. The maximum atomic E-state index is 5.09. The van der Waals surface area contributed by atoms with E-state index in [0.29, 0.717) is 4.77 Å². The third kappa shape index (κ3) is 2.56. The molecule has 82 valence electrons. The predicted octanol–water partition coefficient (Wildman–Crippen LogP) is 2.68. The molecular formula is C11H17N3S. The smallest absolute Gasteiger partial charge is 0.198 e. The molecule has 2 heterocycles. The number of nitrogens with zero attached hydrogens (tertiary/aromatic N) is 2. The van der Waals surface area contributed by atoms with Crippen LogP contribution in [0.5, 0.6) is 0 Å². The molecule has 3 nitrogen and oxygen atoms in total. The molecule has 2 rings (SSSR count). The first-order valence-electron chi connectivity index (χ1n) is 5.48. The Kier molecular flexibility index (Phi) is 3.05. The minimum absolute atomic E-state index is 0.587. The van der Waals surface area contributed by atoms with Gasteiger partial charge in [0.1, 0.15) is 5.82 Å². The molecule has 1 aromatic heterocycles. The molecular weight excluding hydrogens is 206 g/mol. The second-order valence-electron chi connectivity index (χ2n) is 4.40. The van der Waals surface area contributed by atoms with Crippen LogP contribution in [0.15, 0.2) is 6.07 Å². The van der Waals surface area contributed by atoms with Crippen molar-refractivity contribution in [3.63, 3.8) is 0 Å². The molecule has 1 N–H and O–H groups in total. The van der Waals surface area contributed by atoms with E-state index >= 15 is 0 Å². The summed E-state index contributed by atoms with van der Waals surface area (Å²) >= 11 is 5.09. The highest BCUT2D eigenvalue weighted by Gasteiger charge is 2.16. The zero-order valence-corrected chi connectivity index (χ0v) is 10.1. The van der Waals surface area contributed by atoms with Crippen LogP contribution >= 0.6 is 12.2 Å². The van der Waals surface area contributed by atoms with Crippen molar-refractivity contribution >= 4 is 18.0 Å². The fourth-order valence-electron chi connectivity index (χ4n) is 1.96. The monoisotopic (exact) mass is 223 g/mol. The van der Waals surface area contributed by atoms with Gasteiger partial charge >= 0.3 is 0 Å². The molecule has 0 saturated carbocycles. The van der Waals surface area contributed by atoms with Gasteiger partial charge in [0, 0.05) is 18.8 Å². The molecule has 0 aliphatic carbocycles. The van der Waals surface area contributed by atoms with Crippen molar-refractivity contribution in [2.24, 2.45) is 5.92 Å². The maximum Gasteiger partial charge on any atom is 0.198 e. The van der Waals surface area contributed by atoms with Crippen molar-refractivity contribution in [3.05, 3.63) is 16.5 Å². The zero-order chi connectivity index (χ0) is 10.8. The largest absolute Gasteiger partial charge is 0.356 e. The van der Waals surface area contributed by atoms with Gasteiger partial charge in [-0.25, -0.2) is 4.98 Å². The summed E-state index contributed by atoms with van der Waals surface area (Å²) in [5, 5.41) is 0. The number of H-pyrrole nitrogens is 1. The average molecular weight is 223 g/mol. The van der Waals surface area contributed by atoms with Crippen LogP contribution in [0.1, 0.15) is 25.5 Å². The molecule has 15 heavy (non-hydrogen) atoms. The van der Waals surface area contributed by atoms with Crippen LogP contribution in [0.4, 0.5) is 5.82 Å². The summed E-state index contributed by atoms with van der Waals surface area (Å²) in [5.41, 5.74) is 1.09. The van der Waals surface area contributed by atoms with E-state index in [1.807, 2.05) is 6.92 Å². The van der Waals surface area contributed by atoms with Crippen LogP contribution in [-0.4, -0.2) is 23.1 Å². The second-order valence-corrected chi connectivity index (χ2v) is 4.78. The van der Waals surface area contributed by atoms with Gasteiger partial charge in [0.05, 0.1) is 0 Å². The van der Waals surface area contributed by atoms with Crippen LogP contribution in [0.3, 0.4) is 0 Å². The van der Waals surface area contributed by atoms with Gasteiger partial charge in [-0.3, -0.25) is 0 Å². The zero-order valence-electron chi connectivity index (χ0n) is 9.29. The average Bonchev–Trinajstić information content (AvgIpc) is 2.17. The molecule has 1 aromatic rings. The second kappa shape index (κ2) is 4.31. The Labute approximate surface area is 95.5 Å². The third-order valence-corrected chi connectivity index (χ3v) is 3.17. The molecule has 1 saturated heterocycles. The molecule has 0 amide bonds. The summed E-state index contributed by atoms with van der Waals surface area (Å²) in [5.74, 6) is 1.88. The van der Waals surface area contributed by atoms with Gasteiger partial charge in [0.25, 0.3) is 0 Å². The fraction of sp³-hybridized carbons (Fsp3) is 0.636. The van der Waals surface area contributed by atoms with E-state index in [4.69, 9.17) is 12.2 Å². The van der Waals surface area contributed by atoms with Gasteiger partial charge in [0.2, 0.25) is 0 Å². The first kappa shape index (κ1) is 10.6. The Hall–Kier alpha value is -0.900. The van der Waals surface area contributed by atoms with Crippen molar-refractivity contribution in [2.75, 3.05) is 18.0 Å². The molecule has 0 radical (unpaired) electrons. The molecule has 1 fully saturated rings. The maximum absolute atomic E-state index is 5.09. The number of piperidine rings is 1. The number of rotatable bonds is 1. The van der Waals surface area contributed by atoms with E-state index < -0.39 is 0 Å². The molecule has 0 aromatic carbocycles. The Morgan fingerprint density at radius 1 is 1.47 bits per heavy atom. The van der Waals surface area contributed by atoms with Gasteiger partial charge in [-0.15, -0.1) is 0 Å². The van der Waals surface area contributed by atoms with Gasteiger partial charge < -0.3 is 9.88 Å². The highest BCUT2D eigenvalue weighted by molar-refractivity contribution is 7.71. The molecule has 0 unspecified atom stereocenters. The molecule has 0 spiro atoms. The summed E-state index contributed by atoms with van der Waals surface area (Å²) in [6.45, 7) is 6.54. The molecule has 0 bridgehead atoms. The van der Waals surface area contributed by atoms with Gasteiger partial charge in [-0.1, -0.05) is 6.92 Å².